The van der Waals surface area contributed by atoms with Crippen LogP contribution in [0.25, 0.3) is 0 Å². The highest BCUT2D eigenvalue weighted by Crippen LogP contribution is 2.26. The zero-order valence-electron chi connectivity index (χ0n) is 10.3. The predicted molar refractivity (Wildman–Crippen MR) is 65.0 cm³/mol. The summed E-state index contributed by atoms with van der Waals surface area (Å²) in [4.78, 5) is 11.2. The highest BCUT2D eigenvalue weighted by molar-refractivity contribution is 8.00. The second-order valence-electron chi connectivity index (χ2n) is 4.05. The number of ether oxygens (including phenoxy) is 1. The summed E-state index contributed by atoms with van der Waals surface area (Å²) in [7, 11) is 0. The fourth-order valence-corrected chi connectivity index (χ4v) is 2.66. The standard InChI is InChI=1S/C11H16FN3O2S/c1-2-17-10(16)9(12)18-11-14-13-8-6-4-3-5-7-15(8)11/h9H,2-7H2,1H3. The summed E-state index contributed by atoms with van der Waals surface area (Å²) in [5, 5.41) is 8.46. The number of esters is 1. The van der Waals surface area contributed by atoms with Gasteiger partial charge >= 0.3 is 5.97 Å². The molecule has 7 heteroatoms. The van der Waals surface area contributed by atoms with Gasteiger partial charge in [0.2, 0.25) is 5.50 Å². The molecule has 18 heavy (non-hydrogen) atoms. The van der Waals surface area contributed by atoms with E-state index in [4.69, 9.17) is 0 Å². The van der Waals surface area contributed by atoms with Crippen molar-refractivity contribution in [1.82, 2.24) is 14.8 Å². The predicted octanol–water partition coefficient (Wildman–Crippen LogP) is 1.96. The van der Waals surface area contributed by atoms with E-state index in [-0.39, 0.29) is 6.61 Å². The summed E-state index contributed by atoms with van der Waals surface area (Å²) in [5.74, 6) is 0.0273. The van der Waals surface area contributed by atoms with Gasteiger partial charge in [-0.15, -0.1) is 10.2 Å². The molecule has 0 spiro atoms. The van der Waals surface area contributed by atoms with Crippen LogP contribution < -0.4 is 0 Å². The molecule has 0 saturated carbocycles. The molecule has 0 aromatic carbocycles. The molecule has 2 rings (SSSR count). The molecule has 1 aromatic rings. The fourth-order valence-electron chi connectivity index (χ4n) is 1.89. The molecule has 0 saturated heterocycles. The molecular weight excluding hydrogens is 257 g/mol. The van der Waals surface area contributed by atoms with Crippen LogP contribution in [-0.2, 0) is 22.5 Å². The average molecular weight is 273 g/mol. The maximum atomic E-state index is 13.6. The van der Waals surface area contributed by atoms with Crippen LogP contribution >= 0.6 is 11.8 Å². The molecule has 100 valence electrons. The van der Waals surface area contributed by atoms with Crippen LogP contribution in [0.3, 0.4) is 0 Å². The number of rotatable bonds is 4. The van der Waals surface area contributed by atoms with Gasteiger partial charge in [-0.05, 0) is 31.5 Å². The van der Waals surface area contributed by atoms with Gasteiger partial charge in [-0.25, -0.2) is 9.18 Å². The van der Waals surface area contributed by atoms with Crippen molar-refractivity contribution in [2.75, 3.05) is 6.61 Å². The number of halogens is 1. The van der Waals surface area contributed by atoms with Crippen molar-refractivity contribution in [2.24, 2.45) is 0 Å². The number of carbonyl (C=O) groups excluding carboxylic acids is 1. The van der Waals surface area contributed by atoms with Gasteiger partial charge in [0.25, 0.3) is 0 Å². The van der Waals surface area contributed by atoms with E-state index >= 15 is 0 Å². The van der Waals surface area contributed by atoms with Crippen LogP contribution in [0.15, 0.2) is 5.16 Å². The van der Waals surface area contributed by atoms with Gasteiger partial charge < -0.3 is 9.30 Å². The van der Waals surface area contributed by atoms with Gasteiger partial charge in [-0.3, -0.25) is 0 Å². The lowest BCUT2D eigenvalue weighted by atomic mass is 10.2. The number of hydrogen-bond donors (Lipinski definition) is 0. The Balaban J connectivity index is 2.05. The molecule has 0 fully saturated rings. The summed E-state index contributed by atoms with van der Waals surface area (Å²) in [6, 6.07) is 0. The third kappa shape index (κ3) is 3.01. The van der Waals surface area contributed by atoms with E-state index in [0.29, 0.717) is 5.16 Å². The molecule has 1 atom stereocenters. The number of hydrogen-bond acceptors (Lipinski definition) is 5. The van der Waals surface area contributed by atoms with Crippen LogP contribution in [-0.4, -0.2) is 32.8 Å². The molecule has 0 N–H and O–H groups in total. The lowest BCUT2D eigenvalue weighted by Gasteiger charge is -2.08. The second-order valence-corrected chi connectivity index (χ2v) is 5.06. The Morgan fingerprint density at radius 1 is 1.50 bits per heavy atom. The van der Waals surface area contributed by atoms with Crippen molar-refractivity contribution in [3.05, 3.63) is 5.82 Å². The van der Waals surface area contributed by atoms with Gasteiger partial charge in [0.15, 0.2) is 5.16 Å². The molecule has 1 aliphatic rings. The van der Waals surface area contributed by atoms with Crippen LogP contribution in [0, 0.1) is 0 Å². The number of carbonyl (C=O) groups is 1. The summed E-state index contributed by atoms with van der Waals surface area (Å²) in [6.45, 7) is 2.62. The first-order valence-electron chi connectivity index (χ1n) is 6.11. The minimum Gasteiger partial charge on any atom is -0.463 e. The maximum absolute atomic E-state index is 13.6. The Kier molecular flexibility index (Phi) is 4.57. The van der Waals surface area contributed by atoms with E-state index < -0.39 is 11.5 Å². The Bertz CT molecular complexity index is 424. The number of fused-ring (bicyclic) bond motifs is 1. The molecule has 0 radical (unpaired) electrons. The molecule has 0 amide bonds. The van der Waals surface area contributed by atoms with E-state index in [2.05, 4.69) is 14.9 Å². The number of thioether (sulfide) groups is 1. The number of alkyl halides is 1. The van der Waals surface area contributed by atoms with Crippen molar-refractivity contribution in [2.45, 2.75) is 49.8 Å². The van der Waals surface area contributed by atoms with Gasteiger partial charge in [0, 0.05) is 13.0 Å². The maximum Gasteiger partial charge on any atom is 0.351 e. The van der Waals surface area contributed by atoms with Crippen LogP contribution in [0.5, 0.6) is 0 Å². The van der Waals surface area contributed by atoms with Crippen molar-refractivity contribution in [1.29, 1.82) is 0 Å². The lowest BCUT2D eigenvalue weighted by Crippen LogP contribution is -2.16. The van der Waals surface area contributed by atoms with E-state index in [9.17, 15) is 9.18 Å². The zero-order valence-corrected chi connectivity index (χ0v) is 11.1. The highest BCUT2D eigenvalue weighted by atomic mass is 32.2. The van der Waals surface area contributed by atoms with E-state index in [1.165, 1.54) is 0 Å². The normalized spacial score (nSPS) is 16.8. The Labute approximate surface area is 109 Å². The van der Waals surface area contributed by atoms with Gasteiger partial charge in [-0.1, -0.05) is 6.42 Å². The topological polar surface area (TPSA) is 57.0 Å². The minimum absolute atomic E-state index is 0.178. The van der Waals surface area contributed by atoms with E-state index in [1.807, 2.05) is 4.57 Å². The molecule has 1 aromatic heterocycles. The summed E-state index contributed by atoms with van der Waals surface area (Å²) in [5.41, 5.74) is -1.73. The molecule has 1 unspecified atom stereocenters. The third-order valence-electron chi connectivity index (χ3n) is 2.76. The minimum atomic E-state index is -1.73. The summed E-state index contributed by atoms with van der Waals surface area (Å²) < 4.78 is 20.2. The largest absolute Gasteiger partial charge is 0.463 e. The second kappa shape index (κ2) is 6.17. The average Bonchev–Trinajstić information content (AvgIpc) is 2.60. The monoisotopic (exact) mass is 273 g/mol. The first kappa shape index (κ1) is 13.3. The van der Waals surface area contributed by atoms with E-state index in [1.54, 1.807) is 6.92 Å². The molecular formula is C11H16FN3O2S. The quantitative estimate of drug-likeness (QED) is 0.620. The first-order chi connectivity index (χ1) is 8.72. The molecule has 5 nitrogen and oxygen atoms in total. The van der Waals surface area contributed by atoms with Crippen LogP contribution in [0.2, 0.25) is 0 Å². The third-order valence-corrected chi connectivity index (χ3v) is 3.67. The number of aromatic nitrogens is 3. The first-order valence-corrected chi connectivity index (χ1v) is 6.99. The van der Waals surface area contributed by atoms with E-state index in [0.717, 1.165) is 49.8 Å². The number of nitrogens with zero attached hydrogens (tertiary/aromatic N) is 3. The Hall–Kier alpha value is -1.11. The van der Waals surface area contributed by atoms with Crippen molar-refractivity contribution < 1.29 is 13.9 Å². The Morgan fingerprint density at radius 2 is 2.33 bits per heavy atom. The summed E-state index contributed by atoms with van der Waals surface area (Å²) >= 11 is 0.770. The summed E-state index contributed by atoms with van der Waals surface area (Å²) in [6.07, 6.45) is 4.13. The molecule has 0 aliphatic carbocycles. The highest BCUT2D eigenvalue weighted by Gasteiger charge is 2.24. The molecule has 2 heterocycles. The smallest absolute Gasteiger partial charge is 0.351 e. The fraction of sp³-hybridized carbons (Fsp3) is 0.727. The van der Waals surface area contributed by atoms with Crippen molar-refractivity contribution in [3.8, 4) is 0 Å². The van der Waals surface area contributed by atoms with Gasteiger partial charge in [-0.2, -0.15) is 0 Å². The molecule has 0 bridgehead atoms. The van der Waals surface area contributed by atoms with Gasteiger partial charge in [0.05, 0.1) is 6.61 Å². The zero-order chi connectivity index (χ0) is 13.0. The van der Waals surface area contributed by atoms with Gasteiger partial charge in [0.1, 0.15) is 5.82 Å². The SMILES string of the molecule is CCOC(=O)C(F)Sc1nnc2n1CCCCC2. The van der Waals surface area contributed by atoms with Crippen LogP contribution in [0.4, 0.5) is 4.39 Å². The number of aryl methyl sites for hydroxylation is 1. The van der Waals surface area contributed by atoms with Crippen LogP contribution in [0.1, 0.15) is 32.0 Å². The lowest BCUT2D eigenvalue weighted by molar-refractivity contribution is -0.145. The van der Waals surface area contributed by atoms with Crippen molar-refractivity contribution >= 4 is 17.7 Å². The Morgan fingerprint density at radius 3 is 3.11 bits per heavy atom. The molecule has 1 aliphatic heterocycles. The van der Waals surface area contributed by atoms with Crippen molar-refractivity contribution in [3.63, 3.8) is 0 Å².